The summed E-state index contributed by atoms with van der Waals surface area (Å²) in [5.41, 5.74) is 1.74. The van der Waals surface area contributed by atoms with Gasteiger partial charge in [0.25, 0.3) is 0 Å². The highest BCUT2D eigenvalue weighted by Gasteiger charge is 2.15. The minimum absolute atomic E-state index is 0.638. The molecule has 0 spiro atoms. The molecule has 3 heteroatoms. The van der Waals surface area contributed by atoms with Crippen molar-refractivity contribution in [3.05, 3.63) is 29.3 Å². The van der Waals surface area contributed by atoms with Crippen molar-refractivity contribution in [2.45, 2.75) is 19.4 Å². The van der Waals surface area contributed by atoms with Crippen LogP contribution in [-0.4, -0.2) is 31.4 Å². The molecule has 1 aliphatic rings. The first-order valence-electron chi connectivity index (χ1n) is 5.68. The predicted octanol–water partition coefficient (Wildman–Crippen LogP) is 2.10. The van der Waals surface area contributed by atoms with Crippen molar-refractivity contribution in [3.63, 3.8) is 0 Å². The number of rotatable bonds is 4. The topological polar surface area (TPSA) is 29.5 Å². The number of carbonyl (C=O) groups is 1. The largest absolute Gasteiger partial charge is 0.496 e. The van der Waals surface area contributed by atoms with Crippen LogP contribution in [0.5, 0.6) is 5.75 Å². The lowest BCUT2D eigenvalue weighted by Crippen LogP contribution is -2.19. The summed E-state index contributed by atoms with van der Waals surface area (Å²) in [6.07, 6.45) is 3.40. The van der Waals surface area contributed by atoms with Crippen LogP contribution in [0.1, 0.15) is 28.8 Å². The van der Waals surface area contributed by atoms with Gasteiger partial charge in [0.15, 0.2) is 6.29 Å². The number of benzene rings is 1. The third-order valence-electron chi connectivity index (χ3n) is 3.05. The van der Waals surface area contributed by atoms with Crippen molar-refractivity contribution in [3.8, 4) is 5.75 Å². The van der Waals surface area contributed by atoms with Crippen LogP contribution in [0.2, 0.25) is 0 Å². The fourth-order valence-corrected chi connectivity index (χ4v) is 2.25. The van der Waals surface area contributed by atoms with Gasteiger partial charge in [-0.1, -0.05) is 12.1 Å². The van der Waals surface area contributed by atoms with E-state index in [-0.39, 0.29) is 0 Å². The SMILES string of the molecule is COc1c(C=O)cccc1CN1CCCC1. The zero-order valence-corrected chi connectivity index (χ0v) is 9.61. The van der Waals surface area contributed by atoms with Crippen LogP contribution in [-0.2, 0) is 6.54 Å². The quantitative estimate of drug-likeness (QED) is 0.726. The monoisotopic (exact) mass is 219 g/mol. The van der Waals surface area contributed by atoms with Crippen molar-refractivity contribution in [1.82, 2.24) is 4.90 Å². The van der Waals surface area contributed by atoms with E-state index < -0.39 is 0 Å². The number of carbonyl (C=O) groups excluding carboxylic acids is 1. The van der Waals surface area contributed by atoms with Crippen LogP contribution >= 0.6 is 0 Å². The Hall–Kier alpha value is -1.35. The summed E-state index contributed by atoms with van der Waals surface area (Å²) in [6.45, 7) is 3.17. The molecule has 0 N–H and O–H groups in total. The first-order chi connectivity index (χ1) is 7.85. The average Bonchev–Trinajstić information content (AvgIpc) is 2.81. The lowest BCUT2D eigenvalue weighted by molar-refractivity contribution is 0.112. The van der Waals surface area contributed by atoms with Crippen LogP contribution in [0, 0.1) is 0 Å². The van der Waals surface area contributed by atoms with E-state index in [4.69, 9.17) is 4.74 Å². The van der Waals surface area contributed by atoms with Gasteiger partial charge in [-0.3, -0.25) is 9.69 Å². The highest BCUT2D eigenvalue weighted by Crippen LogP contribution is 2.25. The summed E-state index contributed by atoms with van der Waals surface area (Å²) in [6, 6.07) is 5.74. The molecule has 86 valence electrons. The summed E-state index contributed by atoms with van der Waals surface area (Å²) in [5, 5.41) is 0. The van der Waals surface area contributed by atoms with Crippen LogP contribution in [0.3, 0.4) is 0 Å². The number of ether oxygens (including phenoxy) is 1. The standard InChI is InChI=1S/C13H17NO2/c1-16-13-11(5-4-6-12(13)10-15)9-14-7-2-3-8-14/h4-6,10H,2-3,7-9H2,1H3. The lowest BCUT2D eigenvalue weighted by atomic mass is 10.1. The zero-order valence-electron chi connectivity index (χ0n) is 9.61. The van der Waals surface area contributed by atoms with Gasteiger partial charge in [0.2, 0.25) is 0 Å². The Bertz CT molecular complexity index is 370. The number of aldehydes is 1. The fraction of sp³-hybridized carbons (Fsp3) is 0.462. The molecule has 0 atom stereocenters. The van der Waals surface area contributed by atoms with Gasteiger partial charge in [-0.05, 0) is 32.0 Å². The summed E-state index contributed by atoms with van der Waals surface area (Å²) in [4.78, 5) is 13.3. The Balaban J connectivity index is 2.21. The predicted molar refractivity (Wildman–Crippen MR) is 62.9 cm³/mol. The molecule has 0 amide bonds. The number of nitrogens with zero attached hydrogens (tertiary/aromatic N) is 1. The molecule has 3 nitrogen and oxygen atoms in total. The van der Waals surface area contributed by atoms with E-state index in [1.165, 1.54) is 12.8 Å². The minimum Gasteiger partial charge on any atom is -0.496 e. The average molecular weight is 219 g/mol. The van der Waals surface area contributed by atoms with E-state index in [1.54, 1.807) is 13.2 Å². The number of methoxy groups -OCH3 is 1. The summed E-state index contributed by atoms with van der Waals surface area (Å²) < 4.78 is 5.32. The first kappa shape index (κ1) is 11.1. The van der Waals surface area contributed by atoms with Crippen LogP contribution < -0.4 is 4.74 Å². The Morgan fingerprint density at radius 1 is 1.38 bits per heavy atom. The van der Waals surface area contributed by atoms with Crippen molar-refractivity contribution in [2.75, 3.05) is 20.2 Å². The number of para-hydroxylation sites is 1. The molecule has 0 radical (unpaired) electrons. The van der Waals surface area contributed by atoms with E-state index in [0.717, 1.165) is 37.2 Å². The lowest BCUT2D eigenvalue weighted by Gasteiger charge is -2.17. The van der Waals surface area contributed by atoms with E-state index >= 15 is 0 Å². The number of likely N-dealkylation sites (tertiary alicyclic amines) is 1. The second-order valence-electron chi connectivity index (χ2n) is 4.14. The van der Waals surface area contributed by atoms with Gasteiger partial charge in [0, 0.05) is 12.1 Å². The normalized spacial score (nSPS) is 16.3. The molecule has 1 aliphatic heterocycles. The second kappa shape index (κ2) is 5.12. The molecule has 0 saturated carbocycles. The zero-order chi connectivity index (χ0) is 11.4. The van der Waals surface area contributed by atoms with Gasteiger partial charge in [-0.15, -0.1) is 0 Å². The van der Waals surface area contributed by atoms with Gasteiger partial charge in [0.1, 0.15) is 5.75 Å². The van der Waals surface area contributed by atoms with E-state index in [2.05, 4.69) is 4.90 Å². The molecule has 2 rings (SSSR count). The smallest absolute Gasteiger partial charge is 0.153 e. The maximum Gasteiger partial charge on any atom is 0.153 e. The molecule has 1 aromatic rings. The Labute approximate surface area is 96.0 Å². The van der Waals surface area contributed by atoms with Crippen LogP contribution in [0.25, 0.3) is 0 Å². The molecule has 1 heterocycles. The third-order valence-corrected chi connectivity index (χ3v) is 3.05. The Morgan fingerprint density at radius 3 is 2.75 bits per heavy atom. The molecule has 0 aliphatic carbocycles. The fourth-order valence-electron chi connectivity index (χ4n) is 2.25. The molecule has 16 heavy (non-hydrogen) atoms. The molecule has 0 bridgehead atoms. The second-order valence-corrected chi connectivity index (χ2v) is 4.14. The molecule has 1 saturated heterocycles. The molecule has 0 unspecified atom stereocenters. The summed E-state index contributed by atoms with van der Waals surface area (Å²) >= 11 is 0. The van der Waals surface area contributed by atoms with Gasteiger partial charge >= 0.3 is 0 Å². The molecule has 1 fully saturated rings. The molecular weight excluding hydrogens is 202 g/mol. The van der Waals surface area contributed by atoms with Gasteiger partial charge < -0.3 is 4.74 Å². The van der Waals surface area contributed by atoms with Gasteiger partial charge in [-0.25, -0.2) is 0 Å². The maximum atomic E-state index is 10.9. The third kappa shape index (κ3) is 2.25. The van der Waals surface area contributed by atoms with E-state index in [0.29, 0.717) is 5.56 Å². The minimum atomic E-state index is 0.638. The van der Waals surface area contributed by atoms with Crippen molar-refractivity contribution < 1.29 is 9.53 Å². The van der Waals surface area contributed by atoms with Gasteiger partial charge in [-0.2, -0.15) is 0 Å². The van der Waals surface area contributed by atoms with E-state index in [9.17, 15) is 4.79 Å². The van der Waals surface area contributed by atoms with Gasteiger partial charge in [0.05, 0.1) is 12.7 Å². The highest BCUT2D eigenvalue weighted by molar-refractivity contribution is 5.80. The molecule has 1 aromatic carbocycles. The highest BCUT2D eigenvalue weighted by atomic mass is 16.5. The summed E-state index contributed by atoms with van der Waals surface area (Å²) in [7, 11) is 1.62. The molecule has 0 aromatic heterocycles. The number of hydrogen-bond acceptors (Lipinski definition) is 3. The number of hydrogen-bond donors (Lipinski definition) is 0. The Kier molecular flexibility index (Phi) is 3.57. The van der Waals surface area contributed by atoms with Crippen molar-refractivity contribution in [1.29, 1.82) is 0 Å². The van der Waals surface area contributed by atoms with Crippen molar-refractivity contribution >= 4 is 6.29 Å². The Morgan fingerprint density at radius 2 is 2.12 bits per heavy atom. The first-order valence-corrected chi connectivity index (χ1v) is 5.68. The van der Waals surface area contributed by atoms with Crippen molar-refractivity contribution in [2.24, 2.45) is 0 Å². The van der Waals surface area contributed by atoms with Crippen LogP contribution in [0.4, 0.5) is 0 Å². The summed E-state index contributed by atoms with van der Waals surface area (Å²) in [5.74, 6) is 0.726. The molecular formula is C13H17NO2. The van der Waals surface area contributed by atoms with E-state index in [1.807, 2.05) is 12.1 Å². The maximum absolute atomic E-state index is 10.9. The van der Waals surface area contributed by atoms with Crippen LogP contribution in [0.15, 0.2) is 18.2 Å².